The van der Waals surface area contributed by atoms with Gasteiger partial charge in [0.2, 0.25) is 0 Å². The van der Waals surface area contributed by atoms with Crippen molar-refractivity contribution in [3.8, 4) is 0 Å². The Bertz CT molecular complexity index is 239. The van der Waals surface area contributed by atoms with Crippen LogP contribution < -0.4 is 0 Å². The molecular weight excluding hydrogens is 225 g/mol. The maximum Gasteiger partial charge on any atom is 0.380 e. The minimum Gasteiger partial charge on any atom is -0.304 e. The fourth-order valence-corrected chi connectivity index (χ4v) is 4.43. The van der Waals surface area contributed by atoms with E-state index in [9.17, 15) is 4.57 Å². The van der Waals surface area contributed by atoms with Crippen molar-refractivity contribution in [2.24, 2.45) is 10.7 Å². The van der Waals surface area contributed by atoms with Crippen molar-refractivity contribution < 1.29 is 9.09 Å². The van der Waals surface area contributed by atoms with Crippen LogP contribution in [0.5, 0.6) is 0 Å². The lowest BCUT2D eigenvalue weighted by Crippen LogP contribution is -1.92. The van der Waals surface area contributed by atoms with Crippen LogP contribution in [0.15, 0.2) is 4.76 Å². The van der Waals surface area contributed by atoms with Crippen molar-refractivity contribution in [1.82, 2.24) is 0 Å². The molecule has 13 heavy (non-hydrogen) atoms. The summed E-state index contributed by atoms with van der Waals surface area (Å²) in [6, 6.07) is 0. The zero-order valence-electron chi connectivity index (χ0n) is 8.02. The van der Waals surface area contributed by atoms with Crippen LogP contribution in [0.4, 0.5) is 0 Å². The molecule has 76 valence electrons. The van der Waals surface area contributed by atoms with Crippen molar-refractivity contribution in [2.45, 2.75) is 20.8 Å². The highest BCUT2D eigenvalue weighted by Gasteiger charge is 2.22. The van der Waals surface area contributed by atoms with Crippen LogP contribution >= 0.6 is 30.3 Å². The van der Waals surface area contributed by atoms with Crippen molar-refractivity contribution in [2.75, 3.05) is 12.4 Å². The van der Waals surface area contributed by atoms with E-state index in [0.717, 1.165) is 5.75 Å². The third-order valence-electron chi connectivity index (χ3n) is 1.03. The fraction of sp³-hybridized carbons (Fsp3) is 0.857. The third-order valence-corrected chi connectivity index (χ3v) is 5.31. The average Bonchev–Trinajstić information content (AvgIpc) is 2.02. The lowest BCUT2D eigenvalue weighted by atomic mass is 10.3. The molecule has 0 amide bonds. The Labute approximate surface area is 88.6 Å². The molecule has 0 radical (unpaired) electrons. The quantitative estimate of drug-likeness (QED) is 0.403. The molecule has 0 bridgehead atoms. The van der Waals surface area contributed by atoms with Gasteiger partial charge in [0, 0.05) is 5.75 Å². The predicted octanol–water partition coefficient (Wildman–Crippen LogP) is 3.62. The summed E-state index contributed by atoms with van der Waals surface area (Å²) in [7, 11) is 0. The number of nitrogens with zero attached hydrogens (tertiary/aromatic N) is 1. The Balaban J connectivity index is 4.24. The first-order valence-corrected chi connectivity index (χ1v) is 7.60. The molecular formula is C7H14NO2PS2. The van der Waals surface area contributed by atoms with Crippen LogP contribution in [0, 0.1) is 5.92 Å². The van der Waals surface area contributed by atoms with Crippen LogP contribution in [0.2, 0.25) is 0 Å². The summed E-state index contributed by atoms with van der Waals surface area (Å²) in [5.74, 6) is 1.21. The standard InChI is InChI=1S/C7H14NO2PS2/c1-4-10-11(9,8-6-12)13-5-7(2)3/h7H,4-5H2,1-3H3. The Hall–Kier alpha value is 0.340. The number of rotatable bonds is 6. The number of isothiocyanates is 1. The summed E-state index contributed by atoms with van der Waals surface area (Å²) in [6.07, 6.45) is 0. The molecule has 0 aliphatic carbocycles. The topological polar surface area (TPSA) is 38.7 Å². The van der Waals surface area contributed by atoms with Gasteiger partial charge >= 0.3 is 6.72 Å². The molecule has 0 N–H and O–H groups in total. The molecule has 0 saturated heterocycles. The lowest BCUT2D eigenvalue weighted by molar-refractivity contribution is 0.347. The summed E-state index contributed by atoms with van der Waals surface area (Å²) < 4.78 is 20.4. The largest absolute Gasteiger partial charge is 0.380 e. The summed E-state index contributed by atoms with van der Waals surface area (Å²) in [6.45, 7) is 3.30. The Morgan fingerprint density at radius 3 is 2.69 bits per heavy atom. The maximum absolute atomic E-state index is 11.8. The highest BCUT2D eigenvalue weighted by Crippen LogP contribution is 2.61. The number of hydrogen-bond donors (Lipinski definition) is 0. The van der Waals surface area contributed by atoms with E-state index in [1.54, 1.807) is 6.92 Å². The van der Waals surface area contributed by atoms with Gasteiger partial charge in [0.1, 0.15) is 0 Å². The van der Waals surface area contributed by atoms with E-state index in [-0.39, 0.29) is 0 Å². The minimum absolute atomic E-state index is 0.378. The van der Waals surface area contributed by atoms with Crippen LogP contribution in [0.3, 0.4) is 0 Å². The van der Waals surface area contributed by atoms with Crippen LogP contribution in [0.25, 0.3) is 0 Å². The summed E-state index contributed by atoms with van der Waals surface area (Å²) in [4.78, 5) is 0. The van der Waals surface area contributed by atoms with Crippen molar-refractivity contribution >= 4 is 35.5 Å². The molecule has 3 nitrogen and oxygen atoms in total. The smallest absolute Gasteiger partial charge is 0.304 e. The molecule has 6 heteroatoms. The molecule has 0 spiro atoms. The van der Waals surface area contributed by atoms with Gasteiger partial charge in [-0.15, -0.1) is 4.76 Å². The second-order valence-electron chi connectivity index (χ2n) is 2.77. The number of hydrogen-bond acceptors (Lipinski definition) is 4. The van der Waals surface area contributed by atoms with Gasteiger partial charge < -0.3 is 4.52 Å². The van der Waals surface area contributed by atoms with Gasteiger partial charge in [-0.2, -0.15) is 0 Å². The molecule has 0 fully saturated rings. The van der Waals surface area contributed by atoms with Crippen LogP contribution in [-0.4, -0.2) is 17.5 Å². The highest BCUT2D eigenvalue weighted by molar-refractivity contribution is 8.56. The molecule has 0 heterocycles. The first-order valence-electron chi connectivity index (χ1n) is 4.02. The molecule has 0 aromatic heterocycles. The fourth-order valence-electron chi connectivity index (χ4n) is 0.551. The first-order chi connectivity index (χ1) is 6.04. The molecule has 1 atom stereocenters. The second-order valence-corrected chi connectivity index (χ2v) is 7.10. The second kappa shape index (κ2) is 6.74. The van der Waals surface area contributed by atoms with Gasteiger partial charge in [-0.05, 0) is 36.4 Å². The molecule has 0 aliphatic heterocycles. The van der Waals surface area contributed by atoms with E-state index < -0.39 is 6.72 Å². The molecule has 1 unspecified atom stereocenters. The van der Waals surface area contributed by atoms with Gasteiger partial charge in [-0.25, -0.2) is 0 Å². The summed E-state index contributed by atoms with van der Waals surface area (Å²) >= 11 is 5.63. The van der Waals surface area contributed by atoms with E-state index >= 15 is 0 Å². The number of thiocarbonyl (C=S) groups is 1. The van der Waals surface area contributed by atoms with E-state index in [4.69, 9.17) is 4.52 Å². The SMILES string of the molecule is CCOP(=O)(N=C=S)SCC(C)C. The third kappa shape index (κ3) is 6.42. The Morgan fingerprint density at radius 1 is 1.69 bits per heavy atom. The van der Waals surface area contributed by atoms with E-state index in [1.807, 2.05) is 13.8 Å². The minimum atomic E-state index is -2.95. The molecule has 0 rings (SSSR count). The first kappa shape index (κ1) is 13.3. The summed E-state index contributed by atoms with van der Waals surface area (Å²) in [5, 5.41) is 2.12. The lowest BCUT2D eigenvalue weighted by Gasteiger charge is -2.11. The van der Waals surface area contributed by atoms with Crippen LogP contribution in [-0.2, 0) is 9.09 Å². The summed E-state index contributed by atoms with van der Waals surface area (Å²) in [5.41, 5.74) is 0. The zero-order chi connectivity index (χ0) is 10.3. The van der Waals surface area contributed by atoms with E-state index in [1.165, 1.54) is 11.4 Å². The molecule has 0 saturated carbocycles. The Morgan fingerprint density at radius 2 is 2.31 bits per heavy atom. The van der Waals surface area contributed by atoms with Gasteiger partial charge in [0.05, 0.1) is 11.8 Å². The molecule has 0 aromatic carbocycles. The van der Waals surface area contributed by atoms with Gasteiger partial charge in [-0.3, -0.25) is 4.57 Å². The van der Waals surface area contributed by atoms with E-state index in [2.05, 4.69) is 22.1 Å². The highest BCUT2D eigenvalue weighted by atomic mass is 32.7. The normalized spacial score (nSPS) is 15.1. The van der Waals surface area contributed by atoms with E-state index in [0.29, 0.717) is 12.5 Å². The molecule has 0 aliphatic rings. The van der Waals surface area contributed by atoms with Crippen molar-refractivity contribution in [3.05, 3.63) is 0 Å². The predicted molar refractivity (Wildman–Crippen MR) is 61.6 cm³/mol. The van der Waals surface area contributed by atoms with Crippen molar-refractivity contribution in [3.63, 3.8) is 0 Å². The zero-order valence-corrected chi connectivity index (χ0v) is 10.5. The Kier molecular flexibility index (Phi) is 6.92. The van der Waals surface area contributed by atoms with Gasteiger partial charge in [-0.1, -0.05) is 13.8 Å². The van der Waals surface area contributed by atoms with Gasteiger partial charge in [0.25, 0.3) is 0 Å². The van der Waals surface area contributed by atoms with Crippen LogP contribution in [0.1, 0.15) is 20.8 Å². The molecule has 0 aromatic rings. The van der Waals surface area contributed by atoms with Gasteiger partial charge in [0.15, 0.2) is 0 Å². The van der Waals surface area contributed by atoms with Crippen molar-refractivity contribution in [1.29, 1.82) is 0 Å². The monoisotopic (exact) mass is 239 g/mol. The maximum atomic E-state index is 11.8. The average molecular weight is 239 g/mol.